The van der Waals surface area contributed by atoms with Crippen molar-refractivity contribution in [2.45, 2.75) is 26.8 Å². The third kappa shape index (κ3) is 4.21. The van der Waals surface area contributed by atoms with Gasteiger partial charge < -0.3 is 15.8 Å². The lowest BCUT2D eigenvalue weighted by molar-refractivity contribution is 0.338. The Morgan fingerprint density at radius 1 is 1.38 bits per heavy atom. The molecule has 3 heteroatoms. The van der Waals surface area contributed by atoms with Crippen molar-refractivity contribution in [3.05, 3.63) is 29.3 Å². The predicted octanol–water partition coefficient (Wildman–Crippen LogP) is 1.83. The van der Waals surface area contributed by atoms with Gasteiger partial charge in [0, 0.05) is 6.54 Å². The maximum absolute atomic E-state index is 5.50. The van der Waals surface area contributed by atoms with Gasteiger partial charge in [-0.25, -0.2) is 0 Å². The number of nitrogens with two attached hydrogens (primary N) is 1. The Morgan fingerprint density at radius 3 is 2.81 bits per heavy atom. The van der Waals surface area contributed by atoms with E-state index in [4.69, 9.17) is 10.5 Å². The fourth-order valence-corrected chi connectivity index (χ4v) is 1.60. The van der Waals surface area contributed by atoms with Gasteiger partial charge in [0.05, 0.1) is 6.61 Å². The summed E-state index contributed by atoms with van der Waals surface area (Å²) in [7, 11) is 0. The van der Waals surface area contributed by atoms with E-state index in [0.717, 1.165) is 38.4 Å². The van der Waals surface area contributed by atoms with Gasteiger partial charge in [-0.1, -0.05) is 12.1 Å². The predicted molar refractivity (Wildman–Crippen MR) is 67.7 cm³/mol. The van der Waals surface area contributed by atoms with E-state index in [1.54, 1.807) is 0 Å². The molecule has 16 heavy (non-hydrogen) atoms. The summed E-state index contributed by atoms with van der Waals surface area (Å²) in [6.07, 6.45) is 1.02. The second-order valence-corrected chi connectivity index (χ2v) is 3.85. The summed E-state index contributed by atoms with van der Waals surface area (Å²) in [6.45, 7) is 7.41. The summed E-state index contributed by atoms with van der Waals surface area (Å²) in [5.74, 6) is 0.980. The van der Waals surface area contributed by atoms with E-state index in [9.17, 15) is 0 Å². The normalized spacial score (nSPS) is 10.4. The van der Waals surface area contributed by atoms with Gasteiger partial charge >= 0.3 is 0 Å². The number of hydrogen-bond acceptors (Lipinski definition) is 3. The van der Waals surface area contributed by atoms with Crippen LogP contribution in [-0.2, 0) is 6.54 Å². The third-order valence-corrected chi connectivity index (χ3v) is 2.43. The van der Waals surface area contributed by atoms with Crippen molar-refractivity contribution >= 4 is 0 Å². The highest BCUT2D eigenvalue weighted by molar-refractivity contribution is 5.36. The number of benzene rings is 1. The quantitative estimate of drug-likeness (QED) is 0.692. The molecule has 3 nitrogen and oxygen atoms in total. The van der Waals surface area contributed by atoms with Crippen molar-refractivity contribution < 1.29 is 4.74 Å². The fraction of sp³-hybridized carbons (Fsp3) is 0.538. The molecule has 0 saturated heterocycles. The number of rotatable bonds is 7. The van der Waals surface area contributed by atoms with Gasteiger partial charge in [0.2, 0.25) is 0 Å². The molecule has 0 amide bonds. The van der Waals surface area contributed by atoms with Crippen LogP contribution in [0.5, 0.6) is 5.75 Å². The Kier molecular flexibility index (Phi) is 5.90. The summed E-state index contributed by atoms with van der Waals surface area (Å²) in [4.78, 5) is 0. The topological polar surface area (TPSA) is 47.3 Å². The Balaban J connectivity index is 2.46. The Labute approximate surface area is 98.0 Å². The van der Waals surface area contributed by atoms with Crippen LogP contribution >= 0.6 is 0 Å². The Hall–Kier alpha value is -1.06. The zero-order valence-corrected chi connectivity index (χ0v) is 10.3. The molecule has 1 aromatic rings. The summed E-state index contributed by atoms with van der Waals surface area (Å²) < 4.78 is 5.50. The van der Waals surface area contributed by atoms with Crippen LogP contribution in [0.15, 0.2) is 18.2 Å². The molecule has 0 atom stereocenters. The van der Waals surface area contributed by atoms with Gasteiger partial charge in [-0.3, -0.25) is 0 Å². The van der Waals surface area contributed by atoms with Crippen LogP contribution in [-0.4, -0.2) is 19.7 Å². The molecule has 0 saturated carbocycles. The molecule has 0 aliphatic carbocycles. The lowest BCUT2D eigenvalue weighted by atomic mass is 10.1. The average Bonchev–Trinajstić information content (AvgIpc) is 2.28. The van der Waals surface area contributed by atoms with Crippen LogP contribution < -0.4 is 15.8 Å². The summed E-state index contributed by atoms with van der Waals surface area (Å²) in [5, 5.41) is 3.36. The second-order valence-electron chi connectivity index (χ2n) is 3.85. The van der Waals surface area contributed by atoms with Crippen molar-refractivity contribution in [2.24, 2.45) is 5.73 Å². The molecule has 0 radical (unpaired) electrons. The van der Waals surface area contributed by atoms with Gasteiger partial charge in [-0.2, -0.15) is 0 Å². The van der Waals surface area contributed by atoms with E-state index in [1.807, 2.05) is 13.0 Å². The van der Waals surface area contributed by atoms with Crippen LogP contribution in [0, 0.1) is 6.92 Å². The zero-order valence-electron chi connectivity index (χ0n) is 10.3. The van der Waals surface area contributed by atoms with E-state index in [2.05, 4.69) is 24.4 Å². The van der Waals surface area contributed by atoms with Crippen LogP contribution in [0.3, 0.4) is 0 Å². The van der Waals surface area contributed by atoms with Gasteiger partial charge in [-0.15, -0.1) is 0 Å². The largest absolute Gasteiger partial charge is 0.494 e. The first-order valence-electron chi connectivity index (χ1n) is 5.91. The number of aryl methyl sites for hydroxylation is 1. The first-order valence-corrected chi connectivity index (χ1v) is 5.91. The second kappa shape index (κ2) is 7.25. The lowest BCUT2D eigenvalue weighted by Gasteiger charge is -2.09. The van der Waals surface area contributed by atoms with Crippen molar-refractivity contribution in [2.75, 3.05) is 19.7 Å². The van der Waals surface area contributed by atoms with Crippen molar-refractivity contribution in [3.8, 4) is 5.75 Å². The smallest absolute Gasteiger partial charge is 0.122 e. The van der Waals surface area contributed by atoms with Crippen molar-refractivity contribution in [1.82, 2.24) is 5.32 Å². The summed E-state index contributed by atoms with van der Waals surface area (Å²) in [5.41, 5.74) is 7.91. The molecule has 1 rings (SSSR count). The van der Waals surface area contributed by atoms with Crippen molar-refractivity contribution in [1.29, 1.82) is 0 Å². The first kappa shape index (κ1) is 13.0. The Bertz CT molecular complexity index is 313. The molecule has 0 aromatic heterocycles. The maximum atomic E-state index is 5.50. The lowest BCUT2D eigenvalue weighted by Crippen LogP contribution is -2.17. The molecule has 0 aliphatic heterocycles. The highest BCUT2D eigenvalue weighted by Crippen LogP contribution is 2.18. The maximum Gasteiger partial charge on any atom is 0.122 e. The molecule has 0 fully saturated rings. The number of ether oxygens (including phenoxy) is 1. The third-order valence-electron chi connectivity index (χ3n) is 2.43. The number of hydrogen-bond donors (Lipinski definition) is 2. The minimum atomic E-state index is 0.717. The molecule has 0 spiro atoms. The minimum Gasteiger partial charge on any atom is -0.494 e. The van der Waals surface area contributed by atoms with E-state index < -0.39 is 0 Å². The van der Waals surface area contributed by atoms with E-state index >= 15 is 0 Å². The molecule has 0 heterocycles. The SMILES string of the molecule is CCOc1ccc(CNCCCN)cc1C. The Morgan fingerprint density at radius 2 is 2.19 bits per heavy atom. The van der Waals surface area contributed by atoms with Crippen LogP contribution in [0.1, 0.15) is 24.5 Å². The van der Waals surface area contributed by atoms with Crippen molar-refractivity contribution in [3.63, 3.8) is 0 Å². The molecule has 1 aromatic carbocycles. The van der Waals surface area contributed by atoms with E-state index in [1.165, 1.54) is 11.1 Å². The fourth-order valence-electron chi connectivity index (χ4n) is 1.60. The van der Waals surface area contributed by atoms with Gasteiger partial charge in [0.25, 0.3) is 0 Å². The van der Waals surface area contributed by atoms with Gasteiger partial charge in [0.15, 0.2) is 0 Å². The molecular formula is C13H22N2O. The molecular weight excluding hydrogens is 200 g/mol. The number of nitrogens with one attached hydrogen (secondary N) is 1. The summed E-state index contributed by atoms with van der Waals surface area (Å²) in [6, 6.07) is 6.31. The van der Waals surface area contributed by atoms with Crippen LogP contribution in [0.4, 0.5) is 0 Å². The van der Waals surface area contributed by atoms with E-state index in [-0.39, 0.29) is 0 Å². The minimum absolute atomic E-state index is 0.717. The standard InChI is InChI=1S/C13H22N2O/c1-3-16-13-6-5-12(9-11(13)2)10-15-8-4-7-14/h5-6,9,15H,3-4,7-8,10,14H2,1-2H3. The zero-order chi connectivity index (χ0) is 11.8. The molecule has 90 valence electrons. The first-order chi connectivity index (χ1) is 7.77. The summed E-state index contributed by atoms with van der Waals surface area (Å²) >= 11 is 0. The average molecular weight is 222 g/mol. The molecule has 0 unspecified atom stereocenters. The molecule has 0 aliphatic rings. The van der Waals surface area contributed by atoms with Crippen LogP contribution in [0.2, 0.25) is 0 Å². The van der Waals surface area contributed by atoms with Gasteiger partial charge in [0.1, 0.15) is 5.75 Å². The highest BCUT2D eigenvalue weighted by Gasteiger charge is 2.00. The van der Waals surface area contributed by atoms with Crippen LogP contribution in [0.25, 0.3) is 0 Å². The molecule has 0 bridgehead atoms. The highest BCUT2D eigenvalue weighted by atomic mass is 16.5. The van der Waals surface area contributed by atoms with E-state index in [0.29, 0.717) is 0 Å². The molecule has 3 N–H and O–H groups in total. The van der Waals surface area contributed by atoms with Gasteiger partial charge in [-0.05, 0) is 50.6 Å². The monoisotopic (exact) mass is 222 g/mol.